The van der Waals surface area contributed by atoms with Crippen LogP contribution in [0.1, 0.15) is 0 Å². The van der Waals surface area contributed by atoms with E-state index in [4.69, 9.17) is 16.3 Å². The molecule has 0 spiro atoms. The van der Waals surface area contributed by atoms with Crippen molar-refractivity contribution in [3.05, 3.63) is 59.1 Å². The topological polar surface area (TPSA) is 63.2 Å². The number of urea groups is 1. The molecule has 0 saturated heterocycles. The second kappa shape index (κ2) is 6.90. The van der Waals surface area contributed by atoms with Crippen LogP contribution in [0.4, 0.5) is 25.1 Å². The summed E-state index contributed by atoms with van der Waals surface area (Å²) in [6, 6.07) is 8.48. The van der Waals surface area contributed by atoms with Crippen molar-refractivity contribution >= 4 is 40.0 Å². The molecule has 2 N–H and O–H groups in total. The first-order valence-electron chi connectivity index (χ1n) is 7.13. The van der Waals surface area contributed by atoms with Crippen LogP contribution in [0.25, 0.3) is 10.9 Å². The lowest BCUT2D eigenvalue weighted by atomic mass is 10.2. The summed E-state index contributed by atoms with van der Waals surface area (Å²) in [5.74, 6) is -0.368. The van der Waals surface area contributed by atoms with Crippen LogP contribution in [0.2, 0.25) is 5.02 Å². The smallest absolute Gasteiger partial charge is 0.324 e. The summed E-state index contributed by atoms with van der Waals surface area (Å²) < 4.78 is 31.6. The Morgan fingerprint density at radius 3 is 2.52 bits per heavy atom. The van der Waals surface area contributed by atoms with Crippen LogP contribution in [-0.2, 0) is 0 Å². The number of anilines is 2. The molecule has 3 aromatic rings. The van der Waals surface area contributed by atoms with Crippen LogP contribution < -0.4 is 15.4 Å². The highest BCUT2D eigenvalue weighted by Gasteiger charge is 2.11. The molecular formula is C17H12ClF2N3O2. The van der Waals surface area contributed by atoms with E-state index in [0.717, 1.165) is 6.07 Å². The van der Waals surface area contributed by atoms with Crippen LogP contribution >= 0.6 is 11.6 Å². The largest absolute Gasteiger partial charge is 0.496 e. The minimum Gasteiger partial charge on any atom is -0.496 e. The fraction of sp³-hybridized carbons (Fsp3) is 0.0588. The van der Waals surface area contributed by atoms with E-state index in [1.165, 1.54) is 43.5 Å². The maximum atomic E-state index is 13.4. The number of carbonyl (C=O) groups excluding carboxylic acids is 1. The Bertz CT molecular complexity index is 966. The molecule has 0 bridgehead atoms. The predicted octanol–water partition coefficient (Wildman–Crippen LogP) is 4.82. The number of hydrogen-bond acceptors (Lipinski definition) is 3. The maximum Gasteiger partial charge on any atom is 0.324 e. The quantitative estimate of drug-likeness (QED) is 0.701. The number of fused-ring (bicyclic) bond motifs is 1. The molecule has 0 unspecified atom stereocenters. The van der Waals surface area contributed by atoms with E-state index >= 15 is 0 Å². The molecule has 3 rings (SSSR count). The van der Waals surface area contributed by atoms with Crippen LogP contribution in [0, 0.1) is 11.6 Å². The number of benzene rings is 2. The van der Waals surface area contributed by atoms with Crippen LogP contribution in [0.5, 0.6) is 5.75 Å². The predicted molar refractivity (Wildman–Crippen MR) is 92.3 cm³/mol. The first kappa shape index (κ1) is 16.9. The van der Waals surface area contributed by atoms with Gasteiger partial charge in [-0.2, -0.15) is 0 Å². The summed E-state index contributed by atoms with van der Waals surface area (Å²) in [5, 5.41) is 5.56. The molecule has 2 aromatic carbocycles. The summed E-state index contributed by atoms with van der Waals surface area (Å²) in [6.45, 7) is 0. The lowest BCUT2D eigenvalue weighted by molar-refractivity contribution is 0.262. The third-order valence-corrected chi connectivity index (χ3v) is 3.69. The molecule has 25 heavy (non-hydrogen) atoms. The first-order valence-corrected chi connectivity index (χ1v) is 7.51. The molecule has 0 aliphatic carbocycles. The van der Waals surface area contributed by atoms with E-state index in [1.807, 2.05) is 0 Å². The van der Waals surface area contributed by atoms with Gasteiger partial charge in [0.05, 0.1) is 23.3 Å². The molecule has 5 nitrogen and oxygen atoms in total. The molecular weight excluding hydrogens is 352 g/mol. The van der Waals surface area contributed by atoms with Crippen molar-refractivity contribution in [3.63, 3.8) is 0 Å². The van der Waals surface area contributed by atoms with Gasteiger partial charge in [-0.25, -0.2) is 18.6 Å². The number of pyridine rings is 1. The standard InChI is InChI=1S/C17H12ClF2N3O2/c1-25-15-8-16(21-13-4-2-9(19)6-11(13)15)23-17(24)22-14-5-3-10(20)7-12(14)18/h2-8H,1H3,(H2,21,22,23,24). The second-order valence-corrected chi connectivity index (χ2v) is 5.48. The zero-order valence-corrected chi connectivity index (χ0v) is 13.7. The number of halogens is 3. The number of amides is 2. The maximum absolute atomic E-state index is 13.4. The molecule has 1 aromatic heterocycles. The van der Waals surface area contributed by atoms with Crippen LogP contribution in [0.15, 0.2) is 42.5 Å². The Morgan fingerprint density at radius 2 is 1.80 bits per heavy atom. The van der Waals surface area contributed by atoms with Gasteiger partial charge in [0.15, 0.2) is 0 Å². The molecule has 128 valence electrons. The van der Waals surface area contributed by atoms with E-state index in [1.54, 1.807) is 0 Å². The van der Waals surface area contributed by atoms with Gasteiger partial charge in [0, 0.05) is 11.5 Å². The van der Waals surface area contributed by atoms with Crippen LogP contribution in [-0.4, -0.2) is 18.1 Å². The molecule has 2 amide bonds. The van der Waals surface area contributed by atoms with Crippen molar-refractivity contribution in [2.75, 3.05) is 17.7 Å². The zero-order chi connectivity index (χ0) is 18.0. The van der Waals surface area contributed by atoms with Gasteiger partial charge in [0.2, 0.25) is 0 Å². The summed E-state index contributed by atoms with van der Waals surface area (Å²) in [6.07, 6.45) is 0. The SMILES string of the molecule is COc1cc(NC(=O)Nc2ccc(F)cc2Cl)nc2ccc(F)cc12. The molecule has 0 saturated carbocycles. The van der Waals surface area contributed by atoms with Gasteiger partial charge in [-0.3, -0.25) is 5.32 Å². The first-order chi connectivity index (χ1) is 12.0. The molecule has 0 aliphatic heterocycles. The lowest BCUT2D eigenvalue weighted by Gasteiger charge is -2.11. The third-order valence-electron chi connectivity index (χ3n) is 3.37. The number of hydrogen-bond donors (Lipinski definition) is 2. The Balaban J connectivity index is 1.84. The van der Waals surface area contributed by atoms with Gasteiger partial charge in [0.25, 0.3) is 0 Å². The van der Waals surface area contributed by atoms with Crippen molar-refractivity contribution in [3.8, 4) is 5.75 Å². The summed E-state index contributed by atoms with van der Waals surface area (Å²) >= 11 is 5.86. The summed E-state index contributed by atoms with van der Waals surface area (Å²) in [7, 11) is 1.43. The molecule has 0 atom stereocenters. The molecule has 8 heteroatoms. The Labute approximate surface area is 146 Å². The van der Waals surface area contributed by atoms with Gasteiger partial charge in [-0.15, -0.1) is 0 Å². The summed E-state index contributed by atoms with van der Waals surface area (Å²) in [4.78, 5) is 16.3. The number of aromatic nitrogens is 1. The Kier molecular flexibility index (Phi) is 4.67. The highest BCUT2D eigenvalue weighted by molar-refractivity contribution is 6.33. The van der Waals surface area contributed by atoms with E-state index < -0.39 is 17.7 Å². The minimum absolute atomic E-state index is 0.0645. The fourth-order valence-electron chi connectivity index (χ4n) is 2.26. The van der Waals surface area contributed by atoms with Crippen molar-refractivity contribution in [1.29, 1.82) is 0 Å². The molecule has 0 radical (unpaired) electrons. The highest BCUT2D eigenvalue weighted by Crippen LogP contribution is 2.28. The normalized spacial score (nSPS) is 10.6. The second-order valence-electron chi connectivity index (χ2n) is 5.07. The summed E-state index contributed by atoms with van der Waals surface area (Å²) in [5.41, 5.74) is 0.700. The minimum atomic E-state index is -0.621. The van der Waals surface area contributed by atoms with Crippen molar-refractivity contribution in [2.45, 2.75) is 0 Å². The average molecular weight is 364 g/mol. The zero-order valence-electron chi connectivity index (χ0n) is 12.9. The van der Waals surface area contributed by atoms with Gasteiger partial charge in [-0.05, 0) is 36.4 Å². The highest BCUT2D eigenvalue weighted by atomic mass is 35.5. The molecule has 1 heterocycles. The van der Waals surface area contributed by atoms with Crippen molar-refractivity contribution in [1.82, 2.24) is 4.98 Å². The Morgan fingerprint density at radius 1 is 1.08 bits per heavy atom. The number of ether oxygens (including phenoxy) is 1. The van der Waals surface area contributed by atoms with E-state index in [9.17, 15) is 13.6 Å². The molecule has 0 fully saturated rings. The van der Waals surface area contributed by atoms with E-state index in [0.29, 0.717) is 16.7 Å². The van der Waals surface area contributed by atoms with Crippen molar-refractivity contribution in [2.24, 2.45) is 0 Å². The number of nitrogens with zero attached hydrogens (tertiary/aromatic N) is 1. The number of rotatable bonds is 3. The number of methoxy groups -OCH3 is 1. The van der Waals surface area contributed by atoms with E-state index in [2.05, 4.69) is 15.6 Å². The monoisotopic (exact) mass is 363 g/mol. The van der Waals surface area contributed by atoms with Gasteiger partial charge in [0.1, 0.15) is 23.2 Å². The number of nitrogens with one attached hydrogen (secondary N) is 2. The average Bonchev–Trinajstić information content (AvgIpc) is 2.57. The fourth-order valence-corrected chi connectivity index (χ4v) is 2.48. The van der Waals surface area contributed by atoms with E-state index in [-0.39, 0.29) is 16.5 Å². The van der Waals surface area contributed by atoms with Gasteiger partial charge in [-0.1, -0.05) is 11.6 Å². The Hall–Kier alpha value is -2.93. The third kappa shape index (κ3) is 3.77. The van der Waals surface area contributed by atoms with Gasteiger partial charge >= 0.3 is 6.03 Å². The molecule has 0 aliphatic rings. The van der Waals surface area contributed by atoms with Crippen LogP contribution in [0.3, 0.4) is 0 Å². The van der Waals surface area contributed by atoms with Gasteiger partial charge < -0.3 is 10.1 Å². The van der Waals surface area contributed by atoms with Crippen molar-refractivity contribution < 1.29 is 18.3 Å². The number of carbonyl (C=O) groups is 1. The lowest BCUT2D eigenvalue weighted by Crippen LogP contribution is -2.20.